The second kappa shape index (κ2) is 16.2. The minimum absolute atomic E-state index is 0.0232. The van der Waals surface area contributed by atoms with Crippen molar-refractivity contribution in [3.63, 3.8) is 0 Å². The highest BCUT2D eigenvalue weighted by molar-refractivity contribution is 5.70. The number of carbonyl (C=O) groups is 3. The summed E-state index contributed by atoms with van der Waals surface area (Å²) in [6, 6.07) is 0. The Morgan fingerprint density at radius 3 is 2.05 bits per heavy atom. The molecular weight excluding hydrogens is 540 g/mol. The van der Waals surface area contributed by atoms with Crippen LogP contribution in [0.2, 0.25) is 0 Å². The monoisotopic (exact) mass is 594 g/mol. The van der Waals surface area contributed by atoms with E-state index in [1.54, 1.807) is 0 Å². The van der Waals surface area contributed by atoms with Crippen LogP contribution in [0.4, 0.5) is 0 Å². The third-order valence-electron chi connectivity index (χ3n) is 8.85. The molecule has 0 amide bonds. The zero-order chi connectivity index (χ0) is 30.8. The van der Waals surface area contributed by atoms with E-state index in [9.17, 15) is 19.5 Å². The molecule has 1 saturated carbocycles. The van der Waals surface area contributed by atoms with Gasteiger partial charge in [0.2, 0.25) is 6.29 Å². The van der Waals surface area contributed by atoms with E-state index in [1.807, 2.05) is 13.8 Å². The molecule has 4 bridgehead atoms. The highest BCUT2D eigenvalue weighted by Gasteiger charge is 2.77. The number of fused-ring (bicyclic) bond motifs is 1. The Labute approximate surface area is 252 Å². The van der Waals surface area contributed by atoms with Crippen LogP contribution in [0.5, 0.6) is 0 Å². The van der Waals surface area contributed by atoms with Crippen LogP contribution in [-0.4, -0.2) is 59.5 Å². The second-order valence-corrected chi connectivity index (χ2v) is 12.9. The van der Waals surface area contributed by atoms with Gasteiger partial charge in [0.15, 0.2) is 11.9 Å². The molecule has 1 unspecified atom stereocenters. The van der Waals surface area contributed by atoms with Crippen LogP contribution in [-0.2, 0) is 38.1 Å². The summed E-state index contributed by atoms with van der Waals surface area (Å²) >= 11 is 0. The minimum Gasteiger partial charge on any atom is -0.462 e. The molecule has 42 heavy (non-hydrogen) atoms. The largest absolute Gasteiger partial charge is 0.462 e. The van der Waals surface area contributed by atoms with Crippen molar-refractivity contribution >= 4 is 17.9 Å². The van der Waals surface area contributed by atoms with Gasteiger partial charge in [-0.1, -0.05) is 104 Å². The Morgan fingerprint density at radius 1 is 0.929 bits per heavy atom. The zero-order valence-corrected chi connectivity index (χ0v) is 26.3. The normalized spacial score (nSPS) is 29.6. The highest BCUT2D eigenvalue weighted by atomic mass is 16.8. The summed E-state index contributed by atoms with van der Waals surface area (Å²) < 4.78 is 28.9. The summed E-state index contributed by atoms with van der Waals surface area (Å²) in [6.45, 7) is 11.0. The van der Waals surface area contributed by atoms with Gasteiger partial charge >= 0.3 is 17.9 Å². The number of aliphatic hydroxyl groups is 1. The van der Waals surface area contributed by atoms with Crippen LogP contribution in [0.15, 0.2) is 12.2 Å². The highest BCUT2D eigenvalue weighted by Crippen LogP contribution is 2.61. The molecule has 4 rings (SSSR count). The SMILES string of the molecule is C=C1[C@H]2O[C@@H](OC(=O)CC(C)C)[C@@H]3C(COC(=O)CCCCCCCCCCCCCCC)(O2)[C@@H](OC(C)=O)C[C@]13O. The van der Waals surface area contributed by atoms with Gasteiger partial charge in [-0.15, -0.1) is 0 Å². The maximum atomic E-state index is 12.7. The lowest BCUT2D eigenvalue weighted by molar-refractivity contribution is -0.390. The molecule has 6 atom stereocenters. The van der Waals surface area contributed by atoms with Gasteiger partial charge in [0.25, 0.3) is 0 Å². The van der Waals surface area contributed by atoms with Crippen molar-refractivity contribution in [1.29, 1.82) is 0 Å². The molecule has 0 spiro atoms. The molecule has 240 valence electrons. The molecule has 9 heteroatoms. The van der Waals surface area contributed by atoms with Crippen molar-refractivity contribution in [2.45, 2.75) is 160 Å². The third-order valence-corrected chi connectivity index (χ3v) is 8.85. The molecule has 0 aromatic rings. The molecule has 3 aliphatic heterocycles. The maximum absolute atomic E-state index is 12.7. The Bertz CT molecular complexity index is 917. The molecular formula is C33H54O9. The minimum atomic E-state index is -1.58. The van der Waals surface area contributed by atoms with Gasteiger partial charge < -0.3 is 28.8 Å². The smallest absolute Gasteiger partial charge is 0.308 e. The summed E-state index contributed by atoms with van der Waals surface area (Å²) in [7, 11) is 0. The third kappa shape index (κ3) is 8.79. The standard InChI is InChI=1S/C33H54O9/c1-6-7-8-9-10-11-12-13-14-15-16-17-18-19-27(35)38-22-33-26(39-25(5)34)21-32(37)24(4)30(42-33)41-31(29(32)33)40-28(36)20-23(2)3/h23,26,29-31,37H,4,6-22H2,1-3,5H3/t26-,29-,30-,31+,32-,33?/m0/s1. The lowest BCUT2D eigenvalue weighted by Gasteiger charge is -2.55. The average Bonchev–Trinajstić information content (AvgIpc) is 3.13. The summed E-state index contributed by atoms with van der Waals surface area (Å²) in [4.78, 5) is 37.3. The fourth-order valence-electron chi connectivity index (χ4n) is 6.62. The molecule has 0 radical (unpaired) electrons. The molecule has 1 aliphatic carbocycles. The van der Waals surface area contributed by atoms with Crippen LogP contribution in [0.3, 0.4) is 0 Å². The molecule has 9 nitrogen and oxygen atoms in total. The van der Waals surface area contributed by atoms with Gasteiger partial charge in [0.1, 0.15) is 18.3 Å². The lowest BCUT2D eigenvalue weighted by atomic mass is 9.73. The Balaban J connectivity index is 1.48. The van der Waals surface area contributed by atoms with Gasteiger partial charge in [-0.3, -0.25) is 14.4 Å². The van der Waals surface area contributed by atoms with Gasteiger partial charge in [-0.2, -0.15) is 0 Å². The average molecular weight is 595 g/mol. The van der Waals surface area contributed by atoms with Crippen molar-refractivity contribution in [2.75, 3.05) is 6.61 Å². The van der Waals surface area contributed by atoms with E-state index >= 15 is 0 Å². The fraction of sp³-hybridized carbons (Fsp3) is 0.848. The maximum Gasteiger partial charge on any atom is 0.308 e. The predicted molar refractivity (Wildman–Crippen MR) is 157 cm³/mol. The lowest BCUT2D eigenvalue weighted by Crippen LogP contribution is -2.70. The van der Waals surface area contributed by atoms with Gasteiger partial charge in [0, 0.05) is 31.8 Å². The summed E-state index contributed by atoms with van der Waals surface area (Å²) in [5, 5.41) is 11.7. The van der Waals surface area contributed by atoms with Crippen molar-refractivity contribution < 1.29 is 43.2 Å². The zero-order valence-electron chi connectivity index (χ0n) is 26.3. The van der Waals surface area contributed by atoms with Crippen molar-refractivity contribution in [3.05, 3.63) is 12.2 Å². The first-order chi connectivity index (χ1) is 20.0. The number of carbonyl (C=O) groups excluding carboxylic acids is 3. The van der Waals surface area contributed by atoms with E-state index in [1.165, 1.54) is 71.1 Å². The first kappa shape index (κ1) is 34.5. The van der Waals surface area contributed by atoms with E-state index in [0.717, 1.165) is 19.3 Å². The number of rotatable bonds is 20. The molecule has 0 aromatic carbocycles. The quantitative estimate of drug-likeness (QED) is 0.0751. The van der Waals surface area contributed by atoms with E-state index in [0.29, 0.717) is 0 Å². The van der Waals surface area contributed by atoms with Crippen molar-refractivity contribution in [3.8, 4) is 0 Å². The first-order valence-electron chi connectivity index (χ1n) is 16.3. The molecule has 3 saturated heterocycles. The number of hydrogen-bond donors (Lipinski definition) is 1. The van der Waals surface area contributed by atoms with Crippen LogP contribution >= 0.6 is 0 Å². The van der Waals surface area contributed by atoms with Gasteiger partial charge in [0.05, 0.1) is 5.92 Å². The van der Waals surface area contributed by atoms with Crippen molar-refractivity contribution in [1.82, 2.24) is 0 Å². The van der Waals surface area contributed by atoms with E-state index in [4.69, 9.17) is 23.7 Å². The molecule has 1 N–H and O–H groups in total. The van der Waals surface area contributed by atoms with E-state index < -0.39 is 47.7 Å². The molecule has 0 aromatic heterocycles. The number of esters is 3. The first-order valence-corrected chi connectivity index (χ1v) is 16.3. The molecule has 4 aliphatic rings. The van der Waals surface area contributed by atoms with Crippen LogP contribution in [0.1, 0.15) is 130 Å². The Kier molecular flexibility index (Phi) is 13.3. The van der Waals surface area contributed by atoms with Crippen LogP contribution in [0, 0.1) is 11.8 Å². The molecule has 4 fully saturated rings. The summed E-state index contributed by atoms with van der Waals surface area (Å²) in [6.07, 6.45) is 13.0. The Morgan fingerprint density at radius 2 is 1.50 bits per heavy atom. The van der Waals surface area contributed by atoms with E-state index in [-0.39, 0.29) is 43.3 Å². The second-order valence-electron chi connectivity index (χ2n) is 12.9. The van der Waals surface area contributed by atoms with E-state index in [2.05, 4.69) is 13.5 Å². The number of ether oxygens (including phenoxy) is 5. The summed E-state index contributed by atoms with van der Waals surface area (Å²) in [5.41, 5.74) is -2.74. The summed E-state index contributed by atoms with van der Waals surface area (Å²) in [5.74, 6) is -2.34. The van der Waals surface area contributed by atoms with Crippen molar-refractivity contribution in [2.24, 2.45) is 11.8 Å². The number of unbranched alkanes of at least 4 members (excludes halogenated alkanes) is 12. The van der Waals surface area contributed by atoms with Gasteiger partial charge in [-0.25, -0.2) is 0 Å². The van der Waals surface area contributed by atoms with Crippen LogP contribution < -0.4 is 0 Å². The predicted octanol–water partition coefficient (Wildman–Crippen LogP) is 6.29. The Hall–Kier alpha value is -1.97. The van der Waals surface area contributed by atoms with Crippen LogP contribution in [0.25, 0.3) is 0 Å². The van der Waals surface area contributed by atoms with Gasteiger partial charge in [-0.05, 0) is 12.3 Å². The fourth-order valence-corrected chi connectivity index (χ4v) is 6.62. The molecule has 3 heterocycles. The topological polar surface area (TPSA) is 118 Å². The number of hydrogen-bond acceptors (Lipinski definition) is 9.